The quantitative estimate of drug-likeness (QED) is 0.730. The summed E-state index contributed by atoms with van der Waals surface area (Å²) in [6.45, 7) is 4.74. The third-order valence-corrected chi connectivity index (χ3v) is 4.79. The summed E-state index contributed by atoms with van der Waals surface area (Å²) in [5.41, 5.74) is 6.89. The molecule has 82 valence electrons. The zero-order valence-electron chi connectivity index (χ0n) is 9.81. The summed E-state index contributed by atoms with van der Waals surface area (Å²) >= 11 is 0. The van der Waals surface area contributed by atoms with Crippen molar-refractivity contribution in [1.82, 2.24) is 0 Å². The van der Waals surface area contributed by atoms with Crippen molar-refractivity contribution in [2.45, 2.75) is 70.8 Å². The standard InChI is InChI=1S/C13H25N/c1-12(2,13(14)9-10-13)8-7-11-5-3-4-6-11/h11H,3-10,14H2,1-2H3. The fourth-order valence-electron chi connectivity index (χ4n) is 2.92. The van der Waals surface area contributed by atoms with Crippen LogP contribution < -0.4 is 5.73 Å². The van der Waals surface area contributed by atoms with Gasteiger partial charge in [0.2, 0.25) is 0 Å². The summed E-state index contributed by atoms with van der Waals surface area (Å²) in [4.78, 5) is 0. The third-order valence-electron chi connectivity index (χ3n) is 4.79. The molecule has 2 rings (SSSR count). The minimum Gasteiger partial charge on any atom is -0.325 e. The molecule has 2 fully saturated rings. The summed E-state index contributed by atoms with van der Waals surface area (Å²) in [5, 5.41) is 0. The van der Waals surface area contributed by atoms with Crippen LogP contribution in [0.2, 0.25) is 0 Å². The fraction of sp³-hybridized carbons (Fsp3) is 1.00. The van der Waals surface area contributed by atoms with Crippen LogP contribution in [0.1, 0.15) is 65.2 Å². The Labute approximate surface area is 88.4 Å². The topological polar surface area (TPSA) is 26.0 Å². The molecule has 0 radical (unpaired) electrons. The van der Waals surface area contributed by atoms with Gasteiger partial charge in [-0.3, -0.25) is 0 Å². The van der Waals surface area contributed by atoms with Crippen LogP contribution >= 0.6 is 0 Å². The first kappa shape index (κ1) is 10.5. The number of hydrogen-bond donors (Lipinski definition) is 1. The van der Waals surface area contributed by atoms with Gasteiger partial charge in [-0.05, 0) is 37.0 Å². The van der Waals surface area contributed by atoms with Gasteiger partial charge in [0.1, 0.15) is 0 Å². The molecule has 14 heavy (non-hydrogen) atoms. The van der Waals surface area contributed by atoms with Gasteiger partial charge in [0.25, 0.3) is 0 Å². The van der Waals surface area contributed by atoms with Crippen LogP contribution in [0, 0.1) is 11.3 Å². The molecule has 0 heterocycles. The lowest BCUT2D eigenvalue weighted by atomic mass is 9.76. The second-order valence-corrected chi connectivity index (χ2v) is 6.23. The lowest BCUT2D eigenvalue weighted by Crippen LogP contribution is -2.40. The molecule has 2 N–H and O–H groups in total. The van der Waals surface area contributed by atoms with Gasteiger partial charge in [-0.1, -0.05) is 39.5 Å². The average molecular weight is 195 g/mol. The lowest BCUT2D eigenvalue weighted by molar-refractivity contribution is 0.222. The van der Waals surface area contributed by atoms with Gasteiger partial charge in [-0.2, -0.15) is 0 Å². The van der Waals surface area contributed by atoms with Crippen molar-refractivity contribution in [2.75, 3.05) is 0 Å². The van der Waals surface area contributed by atoms with Crippen molar-refractivity contribution < 1.29 is 0 Å². The molecule has 2 aliphatic carbocycles. The summed E-state index contributed by atoms with van der Waals surface area (Å²) < 4.78 is 0. The van der Waals surface area contributed by atoms with Crippen LogP contribution in [0.5, 0.6) is 0 Å². The van der Waals surface area contributed by atoms with E-state index in [-0.39, 0.29) is 5.54 Å². The Balaban J connectivity index is 1.78. The van der Waals surface area contributed by atoms with Crippen LogP contribution in [-0.4, -0.2) is 5.54 Å². The van der Waals surface area contributed by atoms with Crippen molar-refractivity contribution >= 4 is 0 Å². The van der Waals surface area contributed by atoms with E-state index in [9.17, 15) is 0 Å². The smallest absolute Gasteiger partial charge is 0.0207 e. The van der Waals surface area contributed by atoms with Crippen molar-refractivity contribution in [3.05, 3.63) is 0 Å². The van der Waals surface area contributed by atoms with E-state index in [0.29, 0.717) is 5.41 Å². The largest absolute Gasteiger partial charge is 0.325 e. The molecule has 0 saturated heterocycles. The van der Waals surface area contributed by atoms with Crippen molar-refractivity contribution in [3.63, 3.8) is 0 Å². The highest BCUT2D eigenvalue weighted by Crippen LogP contribution is 2.50. The summed E-state index contributed by atoms with van der Waals surface area (Å²) in [6, 6.07) is 0. The highest BCUT2D eigenvalue weighted by Gasteiger charge is 2.50. The molecule has 0 aromatic rings. The number of hydrogen-bond acceptors (Lipinski definition) is 1. The highest BCUT2D eigenvalue weighted by molar-refractivity contribution is 5.08. The average Bonchev–Trinajstić information content (AvgIpc) is 2.69. The first-order valence-electron chi connectivity index (χ1n) is 6.32. The zero-order chi connectivity index (χ0) is 10.2. The van der Waals surface area contributed by atoms with Gasteiger partial charge in [0, 0.05) is 5.54 Å². The molecule has 0 amide bonds. The molecule has 0 aromatic carbocycles. The molecule has 0 aromatic heterocycles. The lowest BCUT2D eigenvalue weighted by Gasteiger charge is -2.33. The van der Waals surface area contributed by atoms with Crippen molar-refractivity contribution in [1.29, 1.82) is 0 Å². The van der Waals surface area contributed by atoms with E-state index >= 15 is 0 Å². The third kappa shape index (κ3) is 1.98. The Bertz CT molecular complexity index is 197. The van der Waals surface area contributed by atoms with Gasteiger partial charge >= 0.3 is 0 Å². The summed E-state index contributed by atoms with van der Waals surface area (Å²) in [6.07, 6.45) is 11.2. The second-order valence-electron chi connectivity index (χ2n) is 6.23. The van der Waals surface area contributed by atoms with E-state index in [2.05, 4.69) is 13.8 Å². The Morgan fingerprint density at radius 1 is 1.21 bits per heavy atom. The van der Waals surface area contributed by atoms with Gasteiger partial charge < -0.3 is 5.73 Å². The van der Waals surface area contributed by atoms with E-state index in [1.807, 2.05) is 0 Å². The second kappa shape index (κ2) is 3.52. The molecule has 0 aliphatic heterocycles. The Morgan fingerprint density at radius 2 is 1.79 bits per heavy atom. The minimum atomic E-state index is 0.200. The molecule has 2 saturated carbocycles. The SMILES string of the molecule is CC(C)(CCC1CCCC1)C1(N)CC1. The number of rotatable bonds is 4. The van der Waals surface area contributed by atoms with Gasteiger partial charge in [0.15, 0.2) is 0 Å². The highest BCUT2D eigenvalue weighted by atomic mass is 14.9. The monoisotopic (exact) mass is 195 g/mol. The van der Waals surface area contributed by atoms with E-state index in [1.165, 1.54) is 51.4 Å². The Hall–Kier alpha value is -0.0400. The molecular weight excluding hydrogens is 170 g/mol. The summed E-state index contributed by atoms with van der Waals surface area (Å²) in [7, 11) is 0. The molecule has 0 unspecified atom stereocenters. The molecule has 0 bridgehead atoms. The van der Waals surface area contributed by atoms with Crippen LogP contribution in [0.25, 0.3) is 0 Å². The van der Waals surface area contributed by atoms with E-state index in [1.54, 1.807) is 0 Å². The molecule has 0 spiro atoms. The first-order valence-corrected chi connectivity index (χ1v) is 6.32. The maximum atomic E-state index is 6.31. The maximum absolute atomic E-state index is 6.31. The molecule has 2 aliphatic rings. The van der Waals surface area contributed by atoms with Crippen LogP contribution in [0.4, 0.5) is 0 Å². The van der Waals surface area contributed by atoms with E-state index < -0.39 is 0 Å². The molecule has 0 atom stereocenters. The van der Waals surface area contributed by atoms with Gasteiger partial charge in [0.05, 0.1) is 0 Å². The minimum absolute atomic E-state index is 0.200. The molecule has 1 heteroatoms. The normalized spacial score (nSPS) is 26.8. The molecule has 1 nitrogen and oxygen atoms in total. The maximum Gasteiger partial charge on any atom is 0.0207 e. The van der Waals surface area contributed by atoms with Crippen LogP contribution in [0.3, 0.4) is 0 Å². The predicted octanol–water partition coefficient (Wildman–Crippen LogP) is 3.47. The summed E-state index contributed by atoms with van der Waals surface area (Å²) in [5.74, 6) is 1.02. The van der Waals surface area contributed by atoms with E-state index in [4.69, 9.17) is 5.73 Å². The van der Waals surface area contributed by atoms with Crippen molar-refractivity contribution in [3.8, 4) is 0 Å². The Morgan fingerprint density at radius 3 is 2.29 bits per heavy atom. The van der Waals surface area contributed by atoms with E-state index in [0.717, 1.165) is 5.92 Å². The predicted molar refractivity (Wildman–Crippen MR) is 61.1 cm³/mol. The zero-order valence-corrected chi connectivity index (χ0v) is 9.81. The first-order chi connectivity index (χ1) is 6.54. The molecular formula is C13H25N. The van der Waals surface area contributed by atoms with Crippen LogP contribution in [-0.2, 0) is 0 Å². The number of nitrogens with two attached hydrogens (primary N) is 1. The van der Waals surface area contributed by atoms with Crippen LogP contribution in [0.15, 0.2) is 0 Å². The van der Waals surface area contributed by atoms with Gasteiger partial charge in [-0.15, -0.1) is 0 Å². The van der Waals surface area contributed by atoms with Gasteiger partial charge in [-0.25, -0.2) is 0 Å². The van der Waals surface area contributed by atoms with Crippen molar-refractivity contribution in [2.24, 2.45) is 17.1 Å². The fourth-order valence-corrected chi connectivity index (χ4v) is 2.92. The Kier molecular flexibility index (Phi) is 2.63.